The molecule has 166 valence electrons. The molecule has 1 heterocycles. The zero-order chi connectivity index (χ0) is 23.3. The van der Waals surface area contributed by atoms with Gasteiger partial charge in [-0.05, 0) is 44.0 Å². The molecule has 0 saturated carbocycles. The number of benzene rings is 2. The van der Waals surface area contributed by atoms with Crippen LogP contribution in [0.3, 0.4) is 0 Å². The van der Waals surface area contributed by atoms with Gasteiger partial charge in [-0.15, -0.1) is 23.1 Å². The Labute approximate surface area is 195 Å². The Bertz CT molecular complexity index is 1110. The zero-order valence-corrected chi connectivity index (χ0v) is 19.6. The summed E-state index contributed by atoms with van der Waals surface area (Å²) in [6.07, 6.45) is -0.316. The standard InChI is InChI=1S/C24H24N2O4S2/c1-14(2)30-24(29)19-15(3)18(21(25)27)23(32-19)26-22(28)20(16-10-6-4-7-11-16)31-17-12-8-5-9-13-17/h4-14,20H,1-3H3,(H2,25,27)(H,26,28)/t20-/m1/s1. The maximum absolute atomic E-state index is 13.4. The minimum atomic E-state index is -0.718. The molecule has 0 unspecified atom stereocenters. The minimum Gasteiger partial charge on any atom is -0.459 e. The largest absolute Gasteiger partial charge is 0.459 e. The maximum Gasteiger partial charge on any atom is 0.348 e. The first kappa shape index (κ1) is 23.6. The summed E-state index contributed by atoms with van der Waals surface area (Å²) in [6, 6.07) is 18.9. The molecule has 3 aromatic rings. The fourth-order valence-corrected chi connectivity index (χ4v) is 5.22. The molecule has 0 aliphatic rings. The molecule has 2 aromatic carbocycles. The number of anilines is 1. The number of nitrogens with two attached hydrogens (primary N) is 1. The number of thiophene rings is 1. The highest BCUT2D eigenvalue weighted by atomic mass is 32.2. The summed E-state index contributed by atoms with van der Waals surface area (Å²) in [7, 11) is 0. The van der Waals surface area contributed by atoms with Crippen molar-refractivity contribution in [1.82, 2.24) is 0 Å². The monoisotopic (exact) mass is 468 g/mol. The van der Waals surface area contributed by atoms with Crippen molar-refractivity contribution in [2.45, 2.75) is 37.0 Å². The van der Waals surface area contributed by atoms with Crippen molar-refractivity contribution in [3.05, 3.63) is 82.2 Å². The van der Waals surface area contributed by atoms with Crippen LogP contribution in [0.4, 0.5) is 5.00 Å². The smallest absolute Gasteiger partial charge is 0.348 e. The van der Waals surface area contributed by atoms with Crippen molar-refractivity contribution in [2.24, 2.45) is 5.73 Å². The van der Waals surface area contributed by atoms with E-state index in [0.717, 1.165) is 21.8 Å². The van der Waals surface area contributed by atoms with Crippen molar-refractivity contribution in [3.8, 4) is 0 Å². The number of thioether (sulfide) groups is 1. The Kier molecular flexibility index (Phi) is 7.71. The maximum atomic E-state index is 13.4. The Morgan fingerprint density at radius 3 is 2.16 bits per heavy atom. The number of carbonyl (C=O) groups is 3. The van der Waals surface area contributed by atoms with E-state index in [4.69, 9.17) is 10.5 Å². The first-order valence-corrected chi connectivity index (χ1v) is 11.7. The lowest BCUT2D eigenvalue weighted by Crippen LogP contribution is -2.21. The molecule has 3 rings (SSSR count). The van der Waals surface area contributed by atoms with Gasteiger partial charge < -0.3 is 15.8 Å². The van der Waals surface area contributed by atoms with Gasteiger partial charge in [0.25, 0.3) is 5.91 Å². The zero-order valence-electron chi connectivity index (χ0n) is 18.0. The van der Waals surface area contributed by atoms with Crippen LogP contribution in [0.15, 0.2) is 65.6 Å². The molecule has 0 saturated heterocycles. The molecular formula is C24H24N2O4S2. The number of primary amides is 1. The summed E-state index contributed by atoms with van der Waals surface area (Å²) in [5.74, 6) is -1.59. The molecule has 8 heteroatoms. The van der Waals surface area contributed by atoms with Gasteiger partial charge in [-0.25, -0.2) is 4.79 Å². The Hall–Kier alpha value is -3.10. The van der Waals surface area contributed by atoms with E-state index in [1.165, 1.54) is 11.8 Å². The SMILES string of the molecule is Cc1c(C(=O)OC(C)C)sc(NC(=O)[C@H](Sc2ccccc2)c2ccccc2)c1C(N)=O. The third kappa shape index (κ3) is 5.57. The lowest BCUT2D eigenvalue weighted by atomic mass is 10.1. The van der Waals surface area contributed by atoms with Crippen LogP contribution in [0.25, 0.3) is 0 Å². The van der Waals surface area contributed by atoms with Crippen molar-refractivity contribution in [2.75, 3.05) is 5.32 Å². The highest BCUT2D eigenvalue weighted by molar-refractivity contribution is 8.00. The molecule has 6 nitrogen and oxygen atoms in total. The number of nitrogens with one attached hydrogen (secondary N) is 1. The highest BCUT2D eigenvalue weighted by Gasteiger charge is 2.28. The number of rotatable bonds is 8. The molecule has 2 amide bonds. The number of esters is 1. The second-order valence-electron chi connectivity index (χ2n) is 7.29. The molecule has 0 spiro atoms. The Morgan fingerprint density at radius 1 is 1.00 bits per heavy atom. The van der Waals surface area contributed by atoms with Crippen molar-refractivity contribution in [3.63, 3.8) is 0 Å². The van der Waals surface area contributed by atoms with Gasteiger partial charge in [-0.3, -0.25) is 9.59 Å². The molecule has 3 N–H and O–H groups in total. The predicted octanol–water partition coefficient (Wildman–Crippen LogP) is 5.19. The van der Waals surface area contributed by atoms with E-state index >= 15 is 0 Å². The second-order valence-corrected chi connectivity index (χ2v) is 9.49. The lowest BCUT2D eigenvalue weighted by molar-refractivity contribution is -0.115. The molecule has 0 bridgehead atoms. The number of carbonyl (C=O) groups excluding carboxylic acids is 3. The van der Waals surface area contributed by atoms with Gasteiger partial charge in [0, 0.05) is 4.90 Å². The number of hydrogen-bond acceptors (Lipinski definition) is 6. The summed E-state index contributed by atoms with van der Waals surface area (Å²) >= 11 is 2.39. The minimum absolute atomic E-state index is 0.121. The average Bonchev–Trinajstić information content (AvgIpc) is 3.08. The van der Waals surface area contributed by atoms with Crippen LogP contribution in [0.2, 0.25) is 0 Å². The molecule has 1 aromatic heterocycles. The molecule has 0 aliphatic carbocycles. The van der Waals surface area contributed by atoms with E-state index in [1.54, 1.807) is 20.8 Å². The first-order chi connectivity index (χ1) is 15.3. The van der Waals surface area contributed by atoms with Crippen LogP contribution in [0.1, 0.15) is 50.3 Å². The predicted molar refractivity (Wildman–Crippen MR) is 128 cm³/mol. The quantitative estimate of drug-likeness (QED) is 0.350. The van der Waals surface area contributed by atoms with Gasteiger partial charge in [0.15, 0.2) is 0 Å². The highest BCUT2D eigenvalue weighted by Crippen LogP contribution is 2.39. The first-order valence-electron chi connectivity index (χ1n) is 9.99. The molecule has 0 aliphatic heterocycles. The van der Waals surface area contributed by atoms with E-state index < -0.39 is 17.1 Å². The third-order valence-electron chi connectivity index (χ3n) is 4.50. The van der Waals surface area contributed by atoms with Crippen LogP contribution in [-0.4, -0.2) is 23.9 Å². The molecule has 32 heavy (non-hydrogen) atoms. The molecule has 0 radical (unpaired) electrons. The average molecular weight is 469 g/mol. The summed E-state index contributed by atoms with van der Waals surface area (Å²) < 4.78 is 5.27. The van der Waals surface area contributed by atoms with Crippen molar-refractivity contribution >= 4 is 45.9 Å². The summed E-state index contributed by atoms with van der Waals surface area (Å²) in [5, 5.41) is 2.50. The summed E-state index contributed by atoms with van der Waals surface area (Å²) in [4.78, 5) is 39.1. The van der Waals surface area contributed by atoms with E-state index in [-0.39, 0.29) is 27.5 Å². The second kappa shape index (κ2) is 10.5. The fraction of sp³-hybridized carbons (Fsp3) is 0.208. The van der Waals surface area contributed by atoms with Gasteiger partial charge >= 0.3 is 5.97 Å². The van der Waals surface area contributed by atoms with E-state index in [9.17, 15) is 14.4 Å². The van der Waals surface area contributed by atoms with Gasteiger partial charge in [-0.1, -0.05) is 48.5 Å². The number of hydrogen-bond donors (Lipinski definition) is 2. The van der Waals surface area contributed by atoms with Gasteiger partial charge in [-0.2, -0.15) is 0 Å². The Morgan fingerprint density at radius 2 is 1.59 bits per heavy atom. The molecule has 0 fully saturated rings. The normalized spacial score (nSPS) is 11.8. The Balaban J connectivity index is 1.95. The van der Waals surface area contributed by atoms with E-state index in [1.807, 2.05) is 60.7 Å². The lowest BCUT2D eigenvalue weighted by Gasteiger charge is -2.17. The van der Waals surface area contributed by atoms with Gasteiger partial charge in [0.1, 0.15) is 15.1 Å². The van der Waals surface area contributed by atoms with E-state index in [2.05, 4.69) is 5.32 Å². The van der Waals surface area contributed by atoms with Gasteiger partial charge in [0.05, 0.1) is 11.7 Å². The fourth-order valence-electron chi connectivity index (χ4n) is 3.07. The van der Waals surface area contributed by atoms with Crippen LogP contribution < -0.4 is 11.1 Å². The van der Waals surface area contributed by atoms with Crippen molar-refractivity contribution in [1.29, 1.82) is 0 Å². The summed E-state index contributed by atoms with van der Waals surface area (Å²) in [5.41, 5.74) is 6.91. The van der Waals surface area contributed by atoms with Crippen LogP contribution in [0, 0.1) is 6.92 Å². The van der Waals surface area contributed by atoms with Crippen molar-refractivity contribution < 1.29 is 19.1 Å². The van der Waals surface area contributed by atoms with Crippen LogP contribution in [0.5, 0.6) is 0 Å². The third-order valence-corrected chi connectivity index (χ3v) is 6.95. The number of amides is 2. The number of ether oxygens (including phenoxy) is 1. The van der Waals surface area contributed by atoms with Crippen LogP contribution in [-0.2, 0) is 9.53 Å². The molecule has 1 atom stereocenters. The van der Waals surface area contributed by atoms with E-state index in [0.29, 0.717) is 5.56 Å². The topological polar surface area (TPSA) is 98.5 Å². The molecular weight excluding hydrogens is 444 g/mol. The summed E-state index contributed by atoms with van der Waals surface area (Å²) in [6.45, 7) is 5.10. The van der Waals surface area contributed by atoms with Gasteiger partial charge in [0.2, 0.25) is 5.91 Å². The van der Waals surface area contributed by atoms with Crippen LogP contribution >= 0.6 is 23.1 Å².